The molecule has 4 heterocycles. The van der Waals surface area contributed by atoms with Gasteiger partial charge in [-0.05, 0) is 47.9 Å². The maximum atomic E-state index is 6.65. The zero-order valence-electron chi connectivity index (χ0n) is 27.0. The molecule has 0 atom stereocenters. The maximum absolute atomic E-state index is 6.65. The van der Waals surface area contributed by atoms with E-state index in [1.807, 2.05) is 97.1 Å². The highest BCUT2D eigenvalue weighted by Crippen LogP contribution is 2.43. The summed E-state index contributed by atoms with van der Waals surface area (Å²) in [5, 5.41) is 6.06. The van der Waals surface area contributed by atoms with Crippen molar-refractivity contribution in [2.75, 3.05) is 0 Å². The van der Waals surface area contributed by atoms with Crippen molar-refractivity contribution in [1.82, 2.24) is 24.5 Å². The molecule has 0 fully saturated rings. The molecule has 0 spiro atoms. The summed E-state index contributed by atoms with van der Waals surface area (Å²) in [5.74, 6) is 2.18. The summed E-state index contributed by atoms with van der Waals surface area (Å²) in [6.07, 6.45) is 0. The van der Waals surface area contributed by atoms with Gasteiger partial charge < -0.3 is 8.83 Å². The molecule has 238 valence electrons. The predicted octanol–water partition coefficient (Wildman–Crippen LogP) is 11.2. The van der Waals surface area contributed by atoms with Crippen molar-refractivity contribution in [3.8, 4) is 40.2 Å². The number of nitrogens with zero attached hydrogens (tertiary/aromatic N) is 5. The zero-order chi connectivity index (χ0) is 33.5. The third-order valence-corrected chi connectivity index (χ3v) is 9.69. The van der Waals surface area contributed by atoms with Gasteiger partial charge in [-0.1, -0.05) is 109 Å². The zero-order valence-corrected chi connectivity index (χ0v) is 27.0. The molecule has 7 heteroatoms. The summed E-state index contributed by atoms with van der Waals surface area (Å²) in [7, 11) is 0. The van der Waals surface area contributed by atoms with Gasteiger partial charge in [0.05, 0.1) is 11.0 Å². The monoisotopic (exact) mass is 655 g/mol. The largest absolute Gasteiger partial charge is 0.456 e. The quantitative estimate of drug-likeness (QED) is 0.188. The summed E-state index contributed by atoms with van der Waals surface area (Å²) in [5.41, 5.74) is 7.59. The maximum Gasteiger partial charge on any atom is 0.238 e. The number of benzene rings is 7. The summed E-state index contributed by atoms with van der Waals surface area (Å²) in [4.78, 5) is 20.5. The lowest BCUT2D eigenvalue weighted by molar-refractivity contribution is 0.623. The molecule has 4 aromatic heterocycles. The van der Waals surface area contributed by atoms with Crippen LogP contribution in [0.15, 0.2) is 160 Å². The number of hydrogen-bond acceptors (Lipinski definition) is 6. The van der Waals surface area contributed by atoms with Crippen molar-refractivity contribution in [1.29, 1.82) is 0 Å². The lowest BCUT2D eigenvalue weighted by Crippen LogP contribution is -2.06. The van der Waals surface area contributed by atoms with Crippen LogP contribution in [-0.4, -0.2) is 24.5 Å². The number of furan rings is 1. The Bertz CT molecular complexity index is 3090. The van der Waals surface area contributed by atoms with Gasteiger partial charge in [-0.2, -0.15) is 9.97 Å². The van der Waals surface area contributed by atoms with Crippen LogP contribution >= 0.6 is 0 Å². The fourth-order valence-corrected chi connectivity index (χ4v) is 7.43. The minimum atomic E-state index is 0.523. The third-order valence-electron chi connectivity index (χ3n) is 9.69. The minimum Gasteiger partial charge on any atom is -0.456 e. The molecule has 0 saturated heterocycles. The Morgan fingerprint density at radius 3 is 1.80 bits per heavy atom. The van der Waals surface area contributed by atoms with E-state index in [9.17, 15) is 0 Å². The number of para-hydroxylation sites is 3. The highest BCUT2D eigenvalue weighted by molar-refractivity contribution is 6.28. The molecule has 51 heavy (non-hydrogen) atoms. The summed E-state index contributed by atoms with van der Waals surface area (Å²) < 4.78 is 15.3. The first-order valence-electron chi connectivity index (χ1n) is 16.8. The first kappa shape index (κ1) is 27.8. The SMILES string of the molecule is c1ccc(-c2nc(-c3cc4oc5ccccc5c4c4c3ccc3nc(-c5ccccc5)oc34)nc(-n3c4ccccc4c4ccccc43)n2)cc1. The van der Waals surface area contributed by atoms with Crippen molar-refractivity contribution in [3.63, 3.8) is 0 Å². The molecular formula is C44H25N5O2. The normalized spacial score (nSPS) is 11.9. The highest BCUT2D eigenvalue weighted by atomic mass is 16.3. The summed E-state index contributed by atoms with van der Waals surface area (Å²) in [6.45, 7) is 0. The number of oxazole rings is 1. The predicted molar refractivity (Wildman–Crippen MR) is 203 cm³/mol. The Labute approximate surface area is 290 Å². The molecule has 7 nitrogen and oxygen atoms in total. The average molecular weight is 656 g/mol. The Kier molecular flexibility index (Phi) is 5.83. The van der Waals surface area contributed by atoms with Gasteiger partial charge in [0.25, 0.3) is 0 Å². The van der Waals surface area contributed by atoms with Crippen LogP contribution in [-0.2, 0) is 0 Å². The fraction of sp³-hybridized carbons (Fsp3) is 0. The van der Waals surface area contributed by atoms with Gasteiger partial charge in [0.1, 0.15) is 16.7 Å². The number of aromatic nitrogens is 5. The van der Waals surface area contributed by atoms with E-state index in [4.69, 9.17) is 28.8 Å². The van der Waals surface area contributed by atoms with Crippen LogP contribution in [0, 0.1) is 0 Å². The molecule has 0 aliphatic rings. The second-order valence-electron chi connectivity index (χ2n) is 12.6. The van der Waals surface area contributed by atoms with Crippen LogP contribution in [0.3, 0.4) is 0 Å². The summed E-state index contributed by atoms with van der Waals surface area (Å²) in [6, 6.07) is 51.0. The van der Waals surface area contributed by atoms with Crippen LogP contribution < -0.4 is 0 Å². The van der Waals surface area contributed by atoms with Crippen LogP contribution in [0.4, 0.5) is 0 Å². The molecule has 11 rings (SSSR count). The van der Waals surface area contributed by atoms with E-state index in [0.29, 0.717) is 34.7 Å². The van der Waals surface area contributed by atoms with Gasteiger partial charge in [-0.3, -0.25) is 4.57 Å². The smallest absolute Gasteiger partial charge is 0.238 e. The van der Waals surface area contributed by atoms with Gasteiger partial charge in [0.2, 0.25) is 11.8 Å². The first-order valence-corrected chi connectivity index (χ1v) is 16.8. The molecule has 0 aliphatic heterocycles. The van der Waals surface area contributed by atoms with E-state index in [0.717, 1.165) is 71.1 Å². The van der Waals surface area contributed by atoms with E-state index in [-0.39, 0.29) is 0 Å². The van der Waals surface area contributed by atoms with Crippen molar-refractivity contribution >= 4 is 65.6 Å². The molecule has 0 amide bonds. The molecule has 0 saturated carbocycles. The number of hydrogen-bond donors (Lipinski definition) is 0. The van der Waals surface area contributed by atoms with Crippen molar-refractivity contribution in [3.05, 3.63) is 152 Å². The Balaban J connectivity index is 1.26. The van der Waals surface area contributed by atoms with Gasteiger partial charge in [-0.25, -0.2) is 9.97 Å². The molecule has 0 radical (unpaired) electrons. The van der Waals surface area contributed by atoms with Gasteiger partial charge in [0, 0.05) is 43.6 Å². The van der Waals surface area contributed by atoms with E-state index in [1.165, 1.54) is 0 Å². The second kappa shape index (κ2) is 10.7. The number of fused-ring (bicyclic) bond motifs is 10. The molecule has 0 N–H and O–H groups in total. The topological polar surface area (TPSA) is 82.8 Å². The van der Waals surface area contributed by atoms with E-state index < -0.39 is 0 Å². The molecule has 0 bridgehead atoms. The molecule has 0 unspecified atom stereocenters. The average Bonchev–Trinajstić information content (AvgIpc) is 3.90. The van der Waals surface area contributed by atoms with E-state index >= 15 is 0 Å². The van der Waals surface area contributed by atoms with Gasteiger partial charge in [0.15, 0.2) is 17.2 Å². The third kappa shape index (κ3) is 4.18. The fourth-order valence-electron chi connectivity index (χ4n) is 7.43. The van der Waals surface area contributed by atoms with Crippen molar-refractivity contribution in [2.45, 2.75) is 0 Å². The Hall–Kier alpha value is -7.12. The lowest BCUT2D eigenvalue weighted by atomic mass is 9.98. The summed E-state index contributed by atoms with van der Waals surface area (Å²) >= 11 is 0. The molecule has 7 aromatic carbocycles. The second-order valence-corrected chi connectivity index (χ2v) is 12.6. The Morgan fingerprint density at radius 1 is 0.431 bits per heavy atom. The van der Waals surface area contributed by atoms with Crippen LogP contribution in [0.5, 0.6) is 0 Å². The van der Waals surface area contributed by atoms with Crippen LogP contribution in [0.25, 0.3) is 106 Å². The highest BCUT2D eigenvalue weighted by Gasteiger charge is 2.23. The molecule has 0 aliphatic carbocycles. The van der Waals surface area contributed by atoms with Crippen LogP contribution in [0.1, 0.15) is 0 Å². The Morgan fingerprint density at radius 2 is 1.06 bits per heavy atom. The van der Waals surface area contributed by atoms with Crippen molar-refractivity contribution < 1.29 is 8.83 Å². The lowest BCUT2D eigenvalue weighted by Gasteiger charge is -2.12. The first-order chi connectivity index (χ1) is 25.3. The van der Waals surface area contributed by atoms with Gasteiger partial charge >= 0.3 is 0 Å². The van der Waals surface area contributed by atoms with Crippen molar-refractivity contribution in [2.24, 2.45) is 0 Å². The number of rotatable bonds is 4. The van der Waals surface area contributed by atoms with Crippen LogP contribution in [0.2, 0.25) is 0 Å². The molecular weight excluding hydrogens is 631 g/mol. The molecule has 11 aromatic rings. The minimum absolute atomic E-state index is 0.523. The standard InChI is InChI=1S/C44H25N5O2/c1-3-13-26(14-4-1)41-46-42(48-44(47-41)49-34-20-10-7-17-28(34)29-18-8-11-21-35(29)49)32-25-37-38(31-19-9-12-22-36(31)50-37)39-30(32)23-24-33-40(39)51-43(45-33)27-15-5-2-6-16-27/h1-25H. The van der Waals surface area contributed by atoms with E-state index in [2.05, 4.69) is 59.2 Å². The van der Waals surface area contributed by atoms with Gasteiger partial charge in [-0.15, -0.1) is 0 Å². The van der Waals surface area contributed by atoms with E-state index in [1.54, 1.807) is 0 Å².